The summed E-state index contributed by atoms with van der Waals surface area (Å²) in [6, 6.07) is 7.62. The minimum absolute atomic E-state index is 0.0703. The molecule has 1 fully saturated rings. The van der Waals surface area contributed by atoms with Crippen molar-refractivity contribution in [2.24, 2.45) is 11.8 Å². The van der Waals surface area contributed by atoms with Crippen molar-refractivity contribution in [3.63, 3.8) is 0 Å². The summed E-state index contributed by atoms with van der Waals surface area (Å²) in [4.78, 5) is 30.4. The van der Waals surface area contributed by atoms with Crippen molar-refractivity contribution in [3.8, 4) is 0 Å². The Bertz CT molecular complexity index is 737. The lowest BCUT2D eigenvalue weighted by atomic mass is 10.1. The summed E-state index contributed by atoms with van der Waals surface area (Å²) in [6.45, 7) is 5.37. The van der Waals surface area contributed by atoms with Gasteiger partial charge in [0.25, 0.3) is 0 Å². The molecule has 1 saturated heterocycles. The van der Waals surface area contributed by atoms with E-state index >= 15 is 0 Å². The van der Waals surface area contributed by atoms with Gasteiger partial charge in [-0.15, -0.1) is 0 Å². The average Bonchev–Trinajstić information content (AvgIpc) is 2.88. The van der Waals surface area contributed by atoms with Crippen LogP contribution >= 0.6 is 0 Å². The molecule has 1 aromatic heterocycles. The second-order valence-electron chi connectivity index (χ2n) is 6.49. The van der Waals surface area contributed by atoms with Gasteiger partial charge in [-0.1, -0.05) is 26.0 Å². The molecule has 1 aliphatic rings. The number of nitrogens with zero attached hydrogens (tertiary/aromatic N) is 2. The normalized spacial score (nSPS) is 18.0. The van der Waals surface area contributed by atoms with E-state index in [9.17, 15) is 9.59 Å². The number of nitrogens with one attached hydrogen (secondary N) is 1. The first-order chi connectivity index (χ1) is 11.0. The van der Waals surface area contributed by atoms with Gasteiger partial charge in [0.2, 0.25) is 11.8 Å². The molecule has 23 heavy (non-hydrogen) atoms. The van der Waals surface area contributed by atoms with Crippen molar-refractivity contribution >= 4 is 28.3 Å². The number of pyridine rings is 1. The molecule has 0 saturated carbocycles. The van der Waals surface area contributed by atoms with Gasteiger partial charge in [-0.2, -0.15) is 0 Å². The topological polar surface area (TPSA) is 62.3 Å². The van der Waals surface area contributed by atoms with E-state index in [2.05, 4.69) is 24.1 Å². The van der Waals surface area contributed by atoms with Crippen LogP contribution in [0, 0.1) is 11.8 Å². The van der Waals surface area contributed by atoms with E-state index in [0.29, 0.717) is 25.4 Å². The molecule has 1 N–H and O–H groups in total. The highest BCUT2D eigenvalue weighted by Gasteiger charge is 2.34. The third-order valence-electron chi connectivity index (χ3n) is 4.11. The number of fused-ring (bicyclic) bond motifs is 1. The molecule has 0 radical (unpaired) electrons. The monoisotopic (exact) mass is 311 g/mol. The summed E-state index contributed by atoms with van der Waals surface area (Å²) >= 11 is 0. The maximum absolute atomic E-state index is 12.5. The molecule has 1 aromatic carbocycles. The van der Waals surface area contributed by atoms with Crippen molar-refractivity contribution < 1.29 is 9.59 Å². The van der Waals surface area contributed by atoms with Crippen LogP contribution in [0.5, 0.6) is 0 Å². The van der Waals surface area contributed by atoms with Crippen LogP contribution in [0.1, 0.15) is 20.3 Å². The summed E-state index contributed by atoms with van der Waals surface area (Å²) < 4.78 is 0. The summed E-state index contributed by atoms with van der Waals surface area (Å²) in [5.41, 5.74) is 0.768. The zero-order valence-electron chi connectivity index (χ0n) is 13.5. The SMILES string of the molecule is CC(C)CN1CC(C(=O)Nc2cccc3cnccc23)CC1=O. The zero-order chi connectivity index (χ0) is 16.4. The van der Waals surface area contributed by atoms with Gasteiger partial charge >= 0.3 is 0 Å². The predicted octanol–water partition coefficient (Wildman–Crippen LogP) is 2.68. The van der Waals surface area contributed by atoms with E-state index in [1.54, 1.807) is 17.3 Å². The molecular weight excluding hydrogens is 290 g/mol. The third kappa shape index (κ3) is 3.33. The van der Waals surface area contributed by atoms with Gasteiger partial charge in [0.1, 0.15) is 0 Å². The van der Waals surface area contributed by atoms with Gasteiger partial charge in [0.05, 0.1) is 5.92 Å². The smallest absolute Gasteiger partial charge is 0.229 e. The fraction of sp³-hybridized carbons (Fsp3) is 0.389. The Balaban J connectivity index is 1.73. The van der Waals surface area contributed by atoms with Crippen LogP contribution in [0.15, 0.2) is 36.7 Å². The maximum atomic E-state index is 12.5. The van der Waals surface area contributed by atoms with Gasteiger partial charge in [-0.3, -0.25) is 14.6 Å². The minimum atomic E-state index is -0.279. The molecule has 2 heterocycles. The summed E-state index contributed by atoms with van der Waals surface area (Å²) in [7, 11) is 0. The first kappa shape index (κ1) is 15.5. The van der Waals surface area contributed by atoms with E-state index in [-0.39, 0.29) is 17.7 Å². The molecule has 0 aliphatic carbocycles. The number of hydrogen-bond acceptors (Lipinski definition) is 3. The van der Waals surface area contributed by atoms with Crippen LogP contribution in [0.2, 0.25) is 0 Å². The lowest BCUT2D eigenvalue weighted by molar-refractivity contribution is -0.128. The van der Waals surface area contributed by atoms with E-state index in [1.807, 2.05) is 24.3 Å². The van der Waals surface area contributed by atoms with Crippen LogP contribution in [0.3, 0.4) is 0 Å². The number of rotatable bonds is 4. The first-order valence-corrected chi connectivity index (χ1v) is 7.96. The number of anilines is 1. The predicted molar refractivity (Wildman–Crippen MR) is 89.9 cm³/mol. The zero-order valence-corrected chi connectivity index (χ0v) is 13.5. The highest BCUT2D eigenvalue weighted by atomic mass is 16.2. The van der Waals surface area contributed by atoms with Crippen molar-refractivity contribution in [3.05, 3.63) is 36.7 Å². The van der Waals surface area contributed by atoms with Crippen molar-refractivity contribution in [1.82, 2.24) is 9.88 Å². The molecule has 1 atom stereocenters. The van der Waals surface area contributed by atoms with Gasteiger partial charge in [0.15, 0.2) is 0 Å². The van der Waals surface area contributed by atoms with E-state index in [0.717, 1.165) is 16.5 Å². The summed E-state index contributed by atoms with van der Waals surface area (Å²) in [5, 5.41) is 4.91. The standard InChI is InChI=1S/C18H21N3O2/c1-12(2)10-21-11-14(8-17(21)22)18(23)20-16-5-3-4-13-9-19-7-6-15(13)16/h3-7,9,12,14H,8,10-11H2,1-2H3,(H,20,23). The lowest BCUT2D eigenvalue weighted by Gasteiger charge is -2.18. The highest BCUT2D eigenvalue weighted by Crippen LogP contribution is 2.25. The molecule has 0 bridgehead atoms. The molecular formula is C18H21N3O2. The van der Waals surface area contributed by atoms with Crippen molar-refractivity contribution in [2.75, 3.05) is 18.4 Å². The molecule has 2 amide bonds. The average molecular weight is 311 g/mol. The molecule has 1 unspecified atom stereocenters. The molecule has 0 spiro atoms. The highest BCUT2D eigenvalue weighted by molar-refractivity contribution is 6.04. The Morgan fingerprint density at radius 2 is 2.22 bits per heavy atom. The minimum Gasteiger partial charge on any atom is -0.342 e. The number of benzene rings is 1. The van der Waals surface area contributed by atoms with Gasteiger partial charge in [0, 0.05) is 48.4 Å². The van der Waals surface area contributed by atoms with Crippen LogP contribution < -0.4 is 5.32 Å². The summed E-state index contributed by atoms with van der Waals surface area (Å²) in [5.74, 6) is 0.111. The molecule has 5 nitrogen and oxygen atoms in total. The Morgan fingerprint density at radius 3 is 3.00 bits per heavy atom. The van der Waals surface area contributed by atoms with Crippen LogP contribution in [-0.2, 0) is 9.59 Å². The molecule has 5 heteroatoms. The Hall–Kier alpha value is -2.43. The number of carbonyl (C=O) groups excluding carboxylic acids is 2. The molecule has 2 aromatic rings. The first-order valence-electron chi connectivity index (χ1n) is 7.96. The van der Waals surface area contributed by atoms with Gasteiger partial charge in [-0.05, 0) is 18.1 Å². The van der Waals surface area contributed by atoms with Crippen molar-refractivity contribution in [2.45, 2.75) is 20.3 Å². The number of amides is 2. The van der Waals surface area contributed by atoms with Crippen molar-refractivity contribution in [1.29, 1.82) is 0 Å². The number of likely N-dealkylation sites (tertiary alicyclic amines) is 1. The van der Waals surface area contributed by atoms with E-state index in [1.165, 1.54) is 0 Å². The number of hydrogen-bond donors (Lipinski definition) is 1. The number of aromatic nitrogens is 1. The van der Waals surface area contributed by atoms with Gasteiger partial charge in [-0.25, -0.2) is 0 Å². The maximum Gasteiger partial charge on any atom is 0.229 e. The second-order valence-corrected chi connectivity index (χ2v) is 6.49. The van der Waals surface area contributed by atoms with Crippen LogP contribution in [-0.4, -0.2) is 34.8 Å². The third-order valence-corrected chi connectivity index (χ3v) is 4.11. The molecule has 1 aliphatic heterocycles. The fourth-order valence-electron chi connectivity index (χ4n) is 3.03. The second kappa shape index (κ2) is 6.36. The Morgan fingerprint density at radius 1 is 1.39 bits per heavy atom. The van der Waals surface area contributed by atoms with E-state index in [4.69, 9.17) is 0 Å². The van der Waals surface area contributed by atoms with Crippen LogP contribution in [0.4, 0.5) is 5.69 Å². The number of carbonyl (C=O) groups is 2. The largest absolute Gasteiger partial charge is 0.342 e. The van der Waals surface area contributed by atoms with E-state index < -0.39 is 0 Å². The molecule has 3 rings (SSSR count). The molecule has 120 valence electrons. The fourth-order valence-corrected chi connectivity index (χ4v) is 3.03. The lowest BCUT2D eigenvalue weighted by Crippen LogP contribution is -2.31. The Labute approximate surface area is 135 Å². The Kier molecular flexibility index (Phi) is 4.28. The quantitative estimate of drug-likeness (QED) is 0.944. The van der Waals surface area contributed by atoms with Crippen LogP contribution in [0.25, 0.3) is 10.8 Å². The van der Waals surface area contributed by atoms with Gasteiger partial charge < -0.3 is 10.2 Å². The summed E-state index contributed by atoms with van der Waals surface area (Å²) in [6.07, 6.45) is 3.78.